The predicted octanol–water partition coefficient (Wildman–Crippen LogP) is 6.52. The van der Waals surface area contributed by atoms with Crippen LogP contribution in [0.1, 0.15) is 82.6 Å². The zero-order chi connectivity index (χ0) is 18.5. The number of aliphatic hydroxyl groups is 1. The first kappa shape index (κ1) is 20.9. The molecule has 26 heavy (non-hydrogen) atoms. The van der Waals surface area contributed by atoms with Crippen molar-refractivity contribution in [3.63, 3.8) is 0 Å². The summed E-state index contributed by atoms with van der Waals surface area (Å²) in [5, 5.41) is 10.5. The number of benzene rings is 1. The van der Waals surface area contributed by atoms with Gasteiger partial charge in [-0.2, -0.15) is 0 Å². The standard InChI is InChI=1S/C24H36O2/c1-2-3-4-5-6-7-8-9-10-14-21-26-24(25)19-17-23(18-20-24)22-15-12-11-13-16-22/h11-13,15-20,23,25H,2-10,14,21H2,1H3. The Balaban J connectivity index is 1.53. The number of allylic oxidation sites excluding steroid dienone is 2. The maximum Gasteiger partial charge on any atom is 0.205 e. The summed E-state index contributed by atoms with van der Waals surface area (Å²) in [5.74, 6) is -1.01. The Morgan fingerprint density at radius 2 is 1.35 bits per heavy atom. The fourth-order valence-electron chi connectivity index (χ4n) is 3.42. The molecule has 0 unspecified atom stereocenters. The minimum Gasteiger partial charge on any atom is -0.359 e. The third-order valence-corrected chi connectivity index (χ3v) is 5.10. The molecule has 0 spiro atoms. The van der Waals surface area contributed by atoms with Gasteiger partial charge in [0, 0.05) is 5.92 Å². The van der Waals surface area contributed by atoms with E-state index in [0.29, 0.717) is 6.61 Å². The molecule has 1 aromatic carbocycles. The van der Waals surface area contributed by atoms with E-state index >= 15 is 0 Å². The molecule has 144 valence electrons. The molecule has 0 atom stereocenters. The monoisotopic (exact) mass is 356 g/mol. The van der Waals surface area contributed by atoms with Crippen molar-refractivity contribution >= 4 is 0 Å². The molecule has 0 saturated carbocycles. The quantitative estimate of drug-likeness (QED) is 0.247. The fraction of sp³-hybridized carbons (Fsp3) is 0.583. The van der Waals surface area contributed by atoms with Crippen LogP contribution >= 0.6 is 0 Å². The van der Waals surface area contributed by atoms with E-state index in [1.807, 2.05) is 30.4 Å². The highest BCUT2D eigenvalue weighted by atomic mass is 16.6. The first-order valence-corrected chi connectivity index (χ1v) is 10.5. The van der Waals surface area contributed by atoms with Gasteiger partial charge in [0.15, 0.2) is 0 Å². The van der Waals surface area contributed by atoms with E-state index in [0.717, 1.165) is 6.42 Å². The van der Waals surface area contributed by atoms with Crippen LogP contribution in [0.2, 0.25) is 0 Å². The maximum atomic E-state index is 10.5. The number of ether oxygens (including phenoxy) is 1. The second-order valence-corrected chi connectivity index (χ2v) is 7.44. The van der Waals surface area contributed by atoms with Gasteiger partial charge in [0.2, 0.25) is 5.79 Å². The van der Waals surface area contributed by atoms with E-state index < -0.39 is 5.79 Å². The number of hydrogen-bond donors (Lipinski definition) is 1. The number of hydrogen-bond acceptors (Lipinski definition) is 2. The third-order valence-electron chi connectivity index (χ3n) is 5.10. The summed E-state index contributed by atoms with van der Waals surface area (Å²) in [5.41, 5.74) is 1.23. The van der Waals surface area contributed by atoms with Crippen molar-refractivity contribution in [3.05, 3.63) is 60.2 Å². The molecule has 2 heteroatoms. The van der Waals surface area contributed by atoms with Crippen LogP contribution in [0.3, 0.4) is 0 Å². The average Bonchev–Trinajstić information content (AvgIpc) is 2.67. The lowest BCUT2D eigenvalue weighted by Crippen LogP contribution is -2.29. The lowest BCUT2D eigenvalue weighted by molar-refractivity contribution is -0.131. The van der Waals surface area contributed by atoms with Gasteiger partial charge in [0.25, 0.3) is 0 Å². The minimum absolute atomic E-state index is 0.220. The van der Waals surface area contributed by atoms with E-state index in [2.05, 4.69) is 19.1 Å². The van der Waals surface area contributed by atoms with Crippen LogP contribution in [-0.2, 0) is 4.74 Å². The minimum atomic E-state index is -1.23. The van der Waals surface area contributed by atoms with Crippen LogP contribution < -0.4 is 0 Å². The first-order valence-electron chi connectivity index (χ1n) is 10.5. The van der Waals surface area contributed by atoms with E-state index in [9.17, 15) is 5.11 Å². The van der Waals surface area contributed by atoms with Gasteiger partial charge < -0.3 is 9.84 Å². The number of rotatable bonds is 13. The van der Waals surface area contributed by atoms with Crippen molar-refractivity contribution in [1.29, 1.82) is 0 Å². The van der Waals surface area contributed by atoms with E-state index in [4.69, 9.17) is 4.74 Å². The normalized spacial score (nSPS) is 22.0. The van der Waals surface area contributed by atoms with Crippen LogP contribution in [0.4, 0.5) is 0 Å². The lowest BCUT2D eigenvalue weighted by Gasteiger charge is -2.26. The highest BCUT2D eigenvalue weighted by Crippen LogP contribution is 2.27. The Bertz CT molecular complexity index is 518. The average molecular weight is 357 g/mol. The molecule has 1 aromatic rings. The molecule has 1 N–H and O–H groups in total. The zero-order valence-electron chi connectivity index (χ0n) is 16.4. The molecule has 0 saturated heterocycles. The zero-order valence-corrected chi connectivity index (χ0v) is 16.4. The molecule has 0 aliphatic heterocycles. The van der Waals surface area contributed by atoms with Crippen LogP contribution in [0.5, 0.6) is 0 Å². The molecule has 1 aliphatic carbocycles. The second kappa shape index (κ2) is 12.1. The van der Waals surface area contributed by atoms with E-state index in [-0.39, 0.29) is 5.92 Å². The molecule has 0 amide bonds. The Labute approximate surface area is 160 Å². The summed E-state index contributed by atoms with van der Waals surface area (Å²) in [4.78, 5) is 0. The SMILES string of the molecule is CCCCCCCCCCCCOC1(O)C=CC(c2ccccc2)C=C1. The number of unbranched alkanes of at least 4 members (excludes halogenated alkanes) is 9. The highest BCUT2D eigenvalue weighted by molar-refractivity contribution is 5.33. The predicted molar refractivity (Wildman–Crippen MR) is 110 cm³/mol. The summed E-state index contributed by atoms with van der Waals surface area (Å²) < 4.78 is 5.71. The van der Waals surface area contributed by atoms with Gasteiger partial charge >= 0.3 is 0 Å². The van der Waals surface area contributed by atoms with Crippen molar-refractivity contribution in [2.75, 3.05) is 6.61 Å². The molecule has 0 radical (unpaired) electrons. The summed E-state index contributed by atoms with van der Waals surface area (Å²) in [7, 11) is 0. The van der Waals surface area contributed by atoms with Crippen LogP contribution in [-0.4, -0.2) is 17.5 Å². The van der Waals surface area contributed by atoms with Gasteiger partial charge in [-0.25, -0.2) is 0 Å². The largest absolute Gasteiger partial charge is 0.359 e. The van der Waals surface area contributed by atoms with Gasteiger partial charge in [-0.15, -0.1) is 0 Å². The second-order valence-electron chi connectivity index (χ2n) is 7.44. The lowest BCUT2D eigenvalue weighted by atomic mass is 9.93. The molecule has 2 nitrogen and oxygen atoms in total. The summed E-state index contributed by atoms with van der Waals surface area (Å²) >= 11 is 0. The van der Waals surface area contributed by atoms with Gasteiger partial charge in [-0.1, -0.05) is 107 Å². The molecule has 1 aliphatic rings. The molecule has 0 heterocycles. The first-order chi connectivity index (χ1) is 12.7. The van der Waals surface area contributed by atoms with Crippen LogP contribution in [0, 0.1) is 0 Å². The Kier molecular flexibility index (Phi) is 9.73. The van der Waals surface area contributed by atoms with Crippen molar-refractivity contribution in [3.8, 4) is 0 Å². The molecule has 2 rings (SSSR count). The smallest absolute Gasteiger partial charge is 0.205 e. The third kappa shape index (κ3) is 7.88. The maximum absolute atomic E-state index is 10.5. The molecule has 0 fully saturated rings. The summed E-state index contributed by atoms with van der Waals surface area (Å²) in [6.07, 6.45) is 20.7. The molecule has 0 bridgehead atoms. The Morgan fingerprint density at radius 1 is 0.808 bits per heavy atom. The molecular weight excluding hydrogens is 320 g/mol. The topological polar surface area (TPSA) is 29.5 Å². The van der Waals surface area contributed by atoms with Crippen molar-refractivity contribution < 1.29 is 9.84 Å². The van der Waals surface area contributed by atoms with E-state index in [1.54, 1.807) is 12.2 Å². The molecular formula is C24H36O2. The van der Waals surface area contributed by atoms with Gasteiger partial charge in [0.05, 0.1) is 6.61 Å². The van der Waals surface area contributed by atoms with Gasteiger partial charge in [-0.3, -0.25) is 0 Å². The Morgan fingerprint density at radius 3 is 1.92 bits per heavy atom. The Hall–Kier alpha value is -1.38. The van der Waals surface area contributed by atoms with Gasteiger partial charge in [0.1, 0.15) is 0 Å². The van der Waals surface area contributed by atoms with Crippen molar-refractivity contribution in [1.82, 2.24) is 0 Å². The van der Waals surface area contributed by atoms with Crippen molar-refractivity contribution in [2.24, 2.45) is 0 Å². The van der Waals surface area contributed by atoms with Crippen LogP contribution in [0.15, 0.2) is 54.6 Å². The summed E-state index contributed by atoms with van der Waals surface area (Å²) in [6, 6.07) is 10.3. The molecule has 0 aromatic heterocycles. The van der Waals surface area contributed by atoms with Gasteiger partial charge in [-0.05, 0) is 24.1 Å². The highest BCUT2D eigenvalue weighted by Gasteiger charge is 2.24. The van der Waals surface area contributed by atoms with Crippen LogP contribution in [0.25, 0.3) is 0 Å². The van der Waals surface area contributed by atoms with E-state index in [1.165, 1.54) is 63.4 Å². The fourth-order valence-corrected chi connectivity index (χ4v) is 3.42. The summed E-state index contributed by atoms with van der Waals surface area (Å²) in [6.45, 7) is 2.87. The van der Waals surface area contributed by atoms with Crippen molar-refractivity contribution in [2.45, 2.75) is 82.8 Å².